The van der Waals surface area contributed by atoms with Crippen molar-refractivity contribution in [3.05, 3.63) is 135 Å². The molecule has 0 bridgehead atoms. The smallest absolute Gasteiger partial charge is 0.238 e. The quantitative estimate of drug-likeness (QED) is 0.145. The monoisotopic (exact) mass is 757 g/mol. The highest BCUT2D eigenvalue weighted by molar-refractivity contribution is 6.31. The van der Waals surface area contributed by atoms with Crippen LogP contribution in [0.3, 0.4) is 0 Å². The lowest BCUT2D eigenvalue weighted by Crippen LogP contribution is -2.54. The van der Waals surface area contributed by atoms with Crippen molar-refractivity contribution in [3.8, 4) is 0 Å². The van der Waals surface area contributed by atoms with Gasteiger partial charge in [0.05, 0.1) is 29.3 Å². The predicted octanol–water partition coefficient (Wildman–Crippen LogP) is 8.49. The fraction of sp³-hybridized carbons (Fsp3) is 0.395. The number of carbonyl (C=O) groups excluding carboxylic acids is 2. The van der Waals surface area contributed by atoms with Crippen molar-refractivity contribution in [2.45, 2.75) is 101 Å². The molecule has 2 fully saturated rings. The van der Waals surface area contributed by atoms with E-state index in [1.807, 2.05) is 71.6 Å². The van der Waals surface area contributed by atoms with Crippen molar-refractivity contribution >= 4 is 40.7 Å². The standard InChI is InChI=1S/C43H46Cl2FN3O4/c1-42(2,3)24-34-43(31-22-17-27(44)23-33(31)48-41(43)53)35(30-15-10-16-32(45)36(30)46)38(40(52)47-28-18-20-29(50)21-19-28)49(34)37(25-11-6-4-7-12-25)39(51)26-13-8-5-9-14-26/h4-17,22-23,28-29,34-35,37-39,50-51H,18-21,24H2,1-3H3,(H,47,52)(H,48,53)/t28?,29?,34-,35+,37-,38-,39-,43+/m1/s1. The summed E-state index contributed by atoms with van der Waals surface area (Å²) in [6.45, 7) is 6.24. The van der Waals surface area contributed by atoms with Gasteiger partial charge < -0.3 is 20.8 Å². The van der Waals surface area contributed by atoms with Crippen LogP contribution in [-0.2, 0) is 15.0 Å². The Morgan fingerprint density at radius 2 is 1.58 bits per heavy atom. The van der Waals surface area contributed by atoms with E-state index in [0.717, 1.165) is 5.56 Å². The molecule has 1 saturated carbocycles. The van der Waals surface area contributed by atoms with Gasteiger partial charge in [0, 0.05) is 28.7 Å². The van der Waals surface area contributed by atoms with Crippen molar-refractivity contribution < 1.29 is 24.2 Å². The normalized spacial score (nSPS) is 26.9. The Balaban J connectivity index is 1.56. The number of hydrogen-bond donors (Lipinski definition) is 4. The molecule has 1 saturated heterocycles. The molecular weight excluding hydrogens is 712 g/mol. The van der Waals surface area contributed by atoms with Crippen LogP contribution in [0, 0.1) is 11.2 Å². The molecule has 4 aromatic carbocycles. The number of halogens is 3. The van der Waals surface area contributed by atoms with E-state index in [1.165, 1.54) is 6.07 Å². The maximum absolute atomic E-state index is 16.8. The highest BCUT2D eigenvalue weighted by Gasteiger charge is 2.70. The van der Waals surface area contributed by atoms with Crippen molar-refractivity contribution in [1.29, 1.82) is 0 Å². The number of carbonyl (C=O) groups is 2. The van der Waals surface area contributed by atoms with Gasteiger partial charge in [-0.1, -0.05) is 123 Å². The summed E-state index contributed by atoms with van der Waals surface area (Å²) in [6.07, 6.45) is 1.02. The van der Waals surface area contributed by atoms with Gasteiger partial charge in [-0.15, -0.1) is 0 Å². The molecule has 0 unspecified atom stereocenters. The third kappa shape index (κ3) is 6.89. The Labute approximate surface area is 320 Å². The molecule has 0 radical (unpaired) electrons. The first-order valence-corrected chi connectivity index (χ1v) is 19.2. The third-order valence-electron chi connectivity index (χ3n) is 11.4. The van der Waals surface area contributed by atoms with E-state index >= 15 is 14.0 Å². The summed E-state index contributed by atoms with van der Waals surface area (Å²) in [4.78, 5) is 32.6. The SMILES string of the molecule is CC(C)(C)C[C@H]1N([C@H](c2ccccc2)[C@H](O)c2ccccc2)[C@@H](C(=O)NC2CCC(O)CC2)[C@H](c2cccc(Cl)c2F)[C@@]12C(=O)Nc1cc(Cl)ccc12. The molecule has 3 aliphatic rings. The van der Waals surface area contributed by atoms with Crippen LogP contribution in [0.1, 0.15) is 93.2 Å². The zero-order chi connectivity index (χ0) is 37.7. The highest BCUT2D eigenvalue weighted by atomic mass is 35.5. The molecule has 278 valence electrons. The Hall–Kier alpha value is -3.79. The molecule has 2 heterocycles. The average Bonchev–Trinajstić information content (AvgIpc) is 3.57. The highest BCUT2D eigenvalue weighted by Crippen LogP contribution is 2.63. The average molecular weight is 759 g/mol. The molecule has 6 atom stereocenters. The number of likely N-dealkylation sites (tertiary alicyclic amines) is 1. The van der Waals surface area contributed by atoms with Gasteiger partial charge >= 0.3 is 0 Å². The Morgan fingerprint density at radius 3 is 2.23 bits per heavy atom. The summed E-state index contributed by atoms with van der Waals surface area (Å²) >= 11 is 13.1. The van der Waals surface area contributed by atoms with Crippen LogP contribution in [0.15, 0.2) is 97.1 Å². The topological polar surface area (TPSA) is 102 Å². The van der Waals surface area contributed by atoms with Gasteiger partial charge in [0.15, 0.2) is 0 Å². The van der Waals surface area contributed by atoms with Gasteiger partial charge in [-0.25, -0.2) is 4.39 Å². The van der Waals surface area contributed by atoms with Crippen molar-refractivity contribution in [2.75, 3.05) is 5.32 Å². The minimum Gasteiger partial charge on any atom is -0.393 e. The molecule has 53 heavy (non-hydrogen) atoms. The third-order valence-corrected chi connectivity index (χ3v) is 11.9. The van der Waals surface area contributed by atoms with Crippen LogP contribution in [0.5, 0.6) is 0 Å². The molecule has 2 aliphatic heterocycles. The molecule has 10 heteroatoms. The number of hydrogen-bond acceptors (Lipinski definition) is 5. The fourth-order valence-corrected chi connectivity index (χ4v) is 9.56. The first-order chi connectivity index (χ1) is 25.3. The Kier molecular flexibility index (Phi) is 10.5. The van der Waals surface area contributed by atoms with E-state index < -0.39 is 52.9 Å². The zero-order valence-electron chi connectivity index (χ0n) is 30.1. The second kappa shape index (κ2) is 14.8. The molecule has 7 nitrogen and oxygen atoms in total. The van der Waals surface area contributed by atoms with Crippen LogP contribution < -0.4 is 10.6 Å². The lowest BCUT2D eigenvalue weighted by atomic mass is 9.62. The number of fused-ring (bicyclic) bond motifs is 2. The first kappa shape index (κ1) is 37.5. The number of nitrogens with one attached hydrogen (secondary N) is 2. The number of aliphatic hydroxyl groups is 2. The van der Waals surface area contributed by atoms with Gasteiger partial charge in [-0.3, -0.25) is 14.5 Å². The van der Waals surface area contributed by atoms with Gasteiger partial charge in [0.1, 0.15) is 11.2 Å². The van der Waals surface area contributed by atoms with Gasteiger partial charge in [-0.2, -0.15) is 0 Å². The van der Waals surface area contributed by atoms with E-state index in [4.69, 9.17) is 23.2 Å². The Morgan fingerprint density at radius 1 is 0.943 bits per heavy atom. The van der Waals surface area contributed by atoms with Crippen LogP contribution in [-0.4, -0.2) is 51.2 Å². The van der Waals surface area contributed by atoms with Crippen LogP contribution in [0.4, 0.5) is 10.1 Å². The van der Waals surface area contributed by atoms with Crippen molar-refractivity contribution in [2.24, 2.45) is 5.41 Å². The van der Waals surface area contributed by atoms with E-state index in [2.05, 4.69) is 31.4 Å². The number of nitrogens with zero attached hydrogens (tertiary/aromatic N) is 1. The largest absolute Gasteiger partial charge is 0.393 e. The number of aliphatic hydroxyl groups excluding tert-OH is 2. The van der Waals surface area contributed by atoms with Gasteiger partial charge in [0.25, 0.3) is 0 Å². The van der Waals surface area contributed by atoms with E-state index in [-0.39, 0.29) is 28.4 Å². The second-order valence-electron chi connectivity index (χ2n) is 16.0. The predicted molar refractivity (Wildman–Crippen MR) is 206 cm³/mol. The van der Waals surface area contributed by atoms with Gasteiger partial charge in [-0.05, 0) is 78.0 Å². The molecule has 1 spiro atoms. The summed E-state index contributed by atoms with van der Waals surface area (Å²) in [7, 11) is 0. The van der Waals surface area contributed by atoms with E-state index in [1.54, 1.807) is 24.3 Å². The lowest BCUT2D eigenvalue weighted by molar-refractivity contribution is -0.130. The van der Waals surface area contributed by atoms with Gasteiger partial charge in [0.2, 0.25) is 11.8 Å². The molecule has 1 aliphatic carbocycles. The summed E-state index contributed by atoms with van der Waals surface area (Å²) < 4.78 is 16.8. The second-order valence-corrected chi connectivity index (χ2v) is 16.9. The summed E-state index contributed by atoms with van der Waals surface area (Å²) in [5, 5.41) is 29.6. The number of amides is 2. The summed E-state index contributed by atoms with van der Waals surface area (Å²) in [5.74, 6) is -2.57. The van der Waals surface area contributed by atoms with Crippen LogP contribution >= 0.6 is 23.2 Å². The first-order valence-electron chi connectivity index (χ1n) is 18.4. The summed E-state index contributed by atoms with van der Waals surface area (Å²) in [5.41, 5.74) is 0.657. The minimum absolute atomic E-state index is 0.123. The van der Waals surface area contributed by atoms with Crippen LogP contribution in [0.2, 0.25) is 10.0 Å². The number of rotatable bonds is 8. The Bertz CT molecular complexity index is 1970. The maximum Gasteiger partial charge on any atom is 0.238 e. The molecule has 2 amide bonds. The van der Waals surface area contributed by atoms with Crippen LogP contribution in [0.25, 0.3) is 0 Å². The lowest BCUT2D eigenvalue weighted by Gasteiger charge is -2.44. The molecule has 0 aromatic heterocycles. The molecule has 4 N–H and O–H groups in total. The van der Waals surface area contributed by atoms with E-state index in [9.17, 15) is 10.2 Å². The molecule has 4 aromatic rings. The van der Waals surface area contributed by atoms with E-state index in [0.29, 0.717) is 53.9 Å². The number of anilines is 1. The minimum atomic E-state index is -1.53. The summed E-state index contributed by atoms with van der Waals surface area (Å²) in [6, 6.07) is 25.7. The molecule has 7 rings (SSSR count). The zero-order valence-corrected chi connectivity index (χ0v) is 31.6. The number of benzene rings is 4. The maximum atomic E-state index is 16.8. The van der Waals surface area contributed by atoms with Crippen molar-refractivity contribution in [1.82, 2.24) is 10.2 Å². The molecular formula is C43H46Cl2FN3O4. The van der Waals surface area contributed by atoms with Crippen molar-refractivity contribution in [3.63, 3.8) is 0 Å². The fourth-order valence-electron chi connectivity index (χ4n) is 9.21.